The molecule has 1 saturated heterocycles. The van der Waals surface area contributed by atoms with Gasteiger partial charge in [0.05, 0.1) is 0 Å². The molecular formula is C14H12FN5OS. The van der Waals surface area contributed by atoms with Crippen molar-refractivity contribution in [3.8, 4) is 6.07 Å². The molecule has 0 bridgehead atoms. The molecule has 1 aromatic heterocycles. The number of hydrogen-bond donors (Lipinski definition) is 0. The van der Waals surface area contributed by atoms with Gasteiger partial charge < -0.3 is 4.90 Å². The molecule has 3 rings (SSSR count). The quantitative estimate of drug-likeness (QED) is 0.859. The number of amides is 1. The summed E-state index contributed by atoms with van der Waals surface area (Å²) in [6.45, 7) is 0.544. The second-order valence-electron chi connectivity index (χ2n) is 4.71. The number of carbonyl (C=O) groups is 1. The smallest absolute Gasteiger partial charge is 0.252 e. The highest BCUT2D eigenvalue weighted by Gasteiger charge is 2.32. The number of nitriles is 1. The van der Waals surface area contributed by atoms with Crippen LogP contribution in [0.25, 0.3) is 0 Å². The molecule has 2 heterocycles. The largest absolute Gasteiger partial charge is 0.324 e. The first-order valence-electron chi connectivity index (χ1n) is 6.64. The molecule has 1 amide bonds. The Morgan fingerprint density at radius 3 is 3.05 bits per heavy atom. The van der Waals surface area contributed by atoms with Gasteiger partial charge in [0.2, 0.25) is 5.91 Å². The normalized spacial score (nSPS) is 17.5. The van der Waals surface area contributed by atoms with E-state index in [1.165, 1.54) is 28.8 Å². The van der Waals surface area contributed by atoms with Crippen molar-refractivity contribution in [1.82, 2.24) is 19.7 Å². The highest BCUT2D eigenvalue weighted by Crippen LogP contribution is 2.38. The van der Waals surface area contributed by atoms with Crippen molar-refractivity contribution in [3.63, 3.8) is 0 Å². The van der Waals surface area contributed by atoms with E-state index in [1.54, 1.807) is 23.1 Å². The van der Waals surface area contributed by atoms with Crippen LogP contribution in [0.2, 0.25) is 0 Å². The van der Waals surface area contributed by atoms with E-state index < -0.39 is 0 Å². The fraction of sp³-hybridized carbons (Fsp3) is 0.286. The molecule has 1 atom stereocenters. The Morgan fingerprint density at radius 1 is 1.50 bits per heavy atom. The topological polar surface area (TPSA) is 74.8 Å². The van der Waals surface area contributed by atoms with Crippen molar-refractivity contribution >= 4 is 17.7 Å². The Bertz CT molecular complexity index is 741. The lowest BCUT2D eigenvalue weighted by molar-refractivity contribution is -0.132. The van der Waals surface area contributed by atoms with Gasteiger partial charge in [-0.1, -0.05) is 18.2 Å². The second kappa shape index (κ2) is 6.15. The van der Waals surface area contributed by atoms with Crippen LogP contribution in [0, 0.1) is 17.1 Å². The van der Waals surface area contributed by atoms with Crippen molar-refractivity contribution in [1.29, 1.82) is 5.26 Å². The van der Waals surface area contributed by atoms with Crippen molar-refractivity contribution in [2.45, 2.75) is 11.9 Å². The molecule has 2 aromatic rings. The summed E-state index contributed by atoms with van der Waals surface area (Å²) in [7, 11) is 0. The highest BCUT2D eigenvalue weighted by atomic mass is 32.2. The third-order valence-electron chi connectivity index (χ3n) is 3.32. The summed E-state index contributed by atoms with van der Waals surface area (Å²) in [5.41, 5.74) is 0.509. The summed E-state index contributed by atoms with van der Waals surface area (Å²) in [6, 6.07) is 8.29. The van der Waals surface area contributed by atoms with Crippen LogP contribution in [0.4, 0.5) is 4.39 Å². The highest BCUT2D eigenvalue weighted by molar-refractivity contribution is 7.99. The molecule has 1 aliphatic heterocycles. The number of aromatic nitrogens is 3. The maximum atomic E-state index is 13.9. The minimum absolute atomic E-state index is 0.0137. The third-order valence-corrected chi connectivity index (χ3v) is 4.56. The van der Waals surface area contributed by atoms with Crippen LogP contribution >= 0.6 is 11.8 Å². The Hall–Kier alpha value is -2.40. The van der Waals surface area contributed by atoms with Gasteiger partial charge in [-0.25, -0.2) is 14.1 Å². The maximum Gasteiger partial charge on any atom is 0.252 e. The molecule has 0 N–H and O–H groups in total. The summed E-state index contributed by atoms with van der Waals surface area (Å²) in [4.78, 5) is 17.8. The number of nitrogens with zero attached hydrogens (tertiary/aromatic N) is 5. The van der Waals surface area contributed by atoms with Crippen molar-refractivity contribution in [2.75, 3.05) is 12.3 Å². The van der Waals surface area contributed by atoms with Gasteiger partial charge >= 0.3 is 0 Å². The molecule has 1 aliphatic rings. The number of benzene rings is 1. The van der Waals surface area contributed by atoms with E-state index >= 15 is 0 Å². The van der Waals surface area contributed by atoms with E-state index in [0.717, 1.165) is 5.75 Å². The number of rotatable bonds is 3. The summed E-state index contributed by atoms with van der Waals surface area (Å²) in [5, 5.41) is 12.2. The fourth-order valence-electron chi connectivity index (χ4n) is 2.31. The molecule has 6 nitrogen and oxygen atoms in total. The zero-order chi connectivity index (χ0) is 15.5. The summed E-state index contributed by atoms with van der Waals surface area (Å²) >= 11 is 1.53. The molecule has 1 fully saturated rings. The van der Waals surface area contributed by atoms with Gasteiger partial charge in [-0.05, 0) is 6.07 Å². The van der Waals surface area contributed by atoms with Crippen LogP contribution in [0.3, 0.4) is 0 Å². The number of thioether (sulfide) groups is 1. The van der Waals surface area contributed by atoms with Crippen LogP contribution in [0.15, 0.2) is 30.6 Å². The first-order chi connectivity index (χ1) is 10.7. The molecule has 0 aliphatic carbocycles. The molecule has 0 saturated carbocycles. The van der Waals surface area contributed by atoms with Gasteiger partial charge in [0.25, 0.3) is 5.82 Å². The third kappa shape index (κ3) is 2.80. The predicted octanol–water partition coefficient (Wildman–Crippen LogP) is 1.56. The minimum Gasteiger partial charge on any atom is -0.324 e. The average Bonchev–Trinajstić information content (AvgIpc) is 3.16. The van der Waals surface area contributed by atoms with E-state index in [2.05, 4.69) is 10.1 Å². The standard InChI is InChI=1S/C14H12FN5OS/c15-11-4-2-1-3-10(11)14-20(5-6-22-14)13(21)8-19-9-17-12(7-16)18-19/h1-4,9,14H,5-6,8H2. The average molecular weight is 317 g/mol. The Morgan fingerprint density at radius 2 is 2.32 bits per heavy atom. The molecule has 1 aromatic carbocycles. The summed E-state index contributed by atoms with van der Waals surface area (Å²) < 4.78 is 15.3. The molecule has 0 spiro atoms. The minimum atomic E-state index is -0.326. The predicted molar refractivity (Wildman–Crippen MR) is 78.0 cm³/mol. The van der Waals surface area contributed by atoms with Crippen LogP contribution in [0.1, 0.15) is 16.8 Å². The first-order valence-corrected chi connectivity index (χ1v) is 7.69. The Balaban J connectivity index is 1.77. The molecule has 0 radical (unpaired) electrons. The molecular weight excluding hydrogens is 305 g/mol. The summed E-state index contributed by atoms with van der Waals surface area (Å²) in [5.74, 6) is 0.292. The molecule has 8 heteroatoms. The van der Waals surface area contributed by atoms with Crippen LogP contribution in [-0.2, 0) is 11.3 Å². The SMILES string of the molecule is N#Cc1ncn(CC(=O)N2CCSC2c2ccccc2F)n1. The lowest BCUT2D eigenvalue weighted by atomic mass is 10.2. The number of carbonyl (C=O) groups excluding carboxylic acids is 1. The first kappa shape index (κ1) is 14.5. The van der Waals surface area contributed by atoms with Crippen molar-refractivity contribution in [3.05, 3.63) is 47.8 Å². The monoisotopic (exact) mass is 317 g/mol. The zero-order valence-corrected chi connectivity index (χ0v) is 12.3. The second-order valence-corrected chi connectivity index (χ2v) is 5.90. The van der Waals surface area contributed by atoms with Gasteiger partial charge in [-0.2, -0.15) is 5.26 Å². The molecule has 22 heavy (non-hydrogen) atoms. The van der Waals surface area contributed by atoms with E-state index in [-0.39, 0.29) is 29.5 Å². The van der Waals surface area contributed by atoms with Gasteiger partial charge in [-0.3, -0.25) is 4.79 Å². The lowest BCUT2D eigenvalue weighted by Gasteiger charge is -2.24. The Labute approximate surface area is 130 Å². The zero-order valence-electron chi connectivity index (χ0n) is 11.5. The van der Waals surface area contributed by atoms with Gasteiger partial charge in [0.15, 0.2) is 0 Å². The van der Waals surface area contributed by atoms with Crippen molar-refractivity contribution < 1.29 is 9.18 Å². The van der Waals surface area contributed by atoms with Crippen molar-refractivity contribution in [2.24, 2.45) is 0 Å². The van der Waals surface area contributed by atoms with E-state index in [4.69, 9.17) is 5.26 Å². The fourth-order valence-corrected chi connectivity index (χ4v) is 3.61. The number of halogens is 1. The molecule has 112 valence electrons. The van der Waals surface area contributed by atoms with Crippen LogP contribution < -0.4 is 0 Å². The van der Waals surface area contributed by atoms with Crippen LogP contribution in [-0.4, -0.2) is 37.9 Å². The lowest BCUT2D eigenvalue weighted by Crippen LogP contribution is -2.33. The number of hydrogen-bond acceptors (Lipinski definition) is 5. The maximum absolute atomic E-state index is 13.9. The summed E-state index contributed by atoms with van der Waals surface area (Å²) in [6.07, 6.45) is 1.35. The van der Waals surface area contributed by atoms with Gasteiger partial charge in [0.1, 0.15) is 30.1 Å². The van der Waals surface area contributed by atoms with Gasteiger partial charge in [0, 0.05) is 17.9 Å². The van der Waals surface area contributed by atoms with E-state index in [9.17, 15) is 9.18 Å². The van der Waals surface area contributed by atoms with Crippen LogP contribution in [0.5, 0.6) is 0 Å². The van der Waals surface area contributed by atoms with E-state index in [0.29, 0.717) is 12.1 Å². The van der Waals surface area contributed by atoms with Gasteiger partial charge in [-0.15, -0.1) is 16.9 Å². The Kier molecular flexibility index (Phi) is 4.06. The van der Waals surface area contributed by atoms with E-state index in [1.807, 2.05) is 6.07 Å². The molecule has 1 unspecified atom stereocenters.